The van der Waals surface area contributed by atoms with Crippen LogP contribution >= 0.6 is 11.6 Å². The maximum atomic E-state index is 12.4. The molecule has 0 unspecified atom stereocenters. The van der Waals surface area contributed by atoms with Crippen molar-refractivity contribution in [3.05, 3.63) is 34.9 Å². The van der Waals surface area contributed by atoms with Gasteiger partial charge in [0.25, 0.3) is 0 Å². The number of benzene rings is 1. The molecule has 0 aromatic heterocycles. The maximum absolute atomic E-state index is 12.4. The second-order valence-electron chi connectivity index (χ2n) is 6.36. The third-order valence-electron chi connectivity index (χ3n) is 4.66. The van der Waals surface area contributed by atoms with Crippen molar-refractivity contribution in [1.29, 1.82) is 0 Å². The van der Waals surface area contributed by atoms with E-state index in [-0.39, 0.29) is 17.9 Å². The normalized spacial score (nSPS) is 21.4. The summed E-state index contributed by atoms with van der Waals surface area (Å²) < 4.78 is 5.80. The molecule has 0 aliphatic carbocycles. The standard InChI is InChI=1S/C18H23ClN2O3/c19-16-5-2-1-4-14(16)12-15-13-21(10-11-24-15)18(23)7-9-20-8-3-6-17(20)22/h1-2,4-5,15H,3,6-13H2/t15-/m1/s1. The summed E-state index contributed by atoms with van der Waals surface area (Å²) in [7, 11) is 0. The zero-order chi connectivity index (χ0) is 16.9. The largest absolute Gasteiger partial charge is 0.374 e. The summed E-state index contributed by atoms with van der Waals surface area (Å²) in [5.41, 5.74) is 1.04. The molecule has 3 rings (SSSR count). The third-order valence-corrected chi connectivity index (χ3v) is 5.03. The van der Waals surface area contributed by atoms with E-state index < -0.39 is 0 Å². The molecule has 24 heavy (non-hydrogen) atoms. The van der Waals surface area contributed by atoms with Crippen molar-refractivity contribution in [1.82, 2.24) is 9.80 Å². The van der Waals surface area contributed by atoms with Crippen molar-refractivity contribution in [3.8, 4) is 0 Å². The van der Waals surface area contributed by atoms with Crippen LogP contribution in [0.25, 0.3) is 0 Å². The van der Waals surface area contributed by atoms with Crippen LogP contribution in [-0.2, 0) is 20.7 Å². The number of morpholine rings is 1. The number of hydrogen-bond acceptors (Lipinski definition) is 3. The summed E-state index contributed by atoms with van der Waals surface area (Å²) >= 11 is 6.20. The Hall–Kier alpha value is -1.59. The maximum Gasteiger partial charge on any atom is 0.224 e. The van der Waals surface area contributed by atoms with Gasteiger partial charge < -0.3 is 14.5 Å². The minimum Gasteiger partial charge on any atom is -0.374 e. The van der Waals surface area contributed by atoms with Gasteiger partial charge in [0.05, 0.1) is 12.7 Å². The molecule has 0 bridgehead atoms. The zero-order valence-electron chi connectivity index (χ0n) is 13.7. The van der Waals surface area contributed by atoms with E-state index in [0.717, 1.165) is 23.6 Å². The van der Waals surface area contributed by atoms with E-state index >= 15 is 0 Å². The number of carbonyl (C=O) groups is 2. The Morgan fingerprint density at radius 1 is 1.29 bits per heavy atom. The lowest BCUT2D eigenvalue weighted by Crippen LogP contribution is -2.47. The van der Waals surface area contributed by atoms with Crippen LogP contribution in [0.4, 0.5) is 0 Å². The Morgan fingerprint density at radius 2 is 2.12 bits per heavy atom. The molecule has 2 fully saturated rings. The number of rotatable bonds is 5. The van der Waals surface area contributed by atoms with E-state index in [1.807, 2.05) is 29.2 Å². The van der Waals surface area contributed by atoms with Crippen LogP contribution in [0, 0.1) is 0 Å². The van der Waals surface area contributed by atoms with Gasteiger partial charge in [-0.1, -0.05) is 29.8 Å². The molecule has 5 nitrogen and oxygen atoms in total. The molecular weight excluding hydrogens is 328 g/mol. The SMILES string of the molecule is O=C1CCCN1CCC(=O)N1CCO[C@H](Cc2ccccc2Cl)C1. The van der Waals surface area contributed by atoms with Crippen LogP contribution in [-0.4, -0.2) is 60.5 Å². The van der Waals surface area contributed by atoms with Gasteiger partial charge in [-0.05, 0) is 18.1 Å². The molecule has 1 aromatic rings. The zero-order valence-corrected chi connectivity index (χ0v) is 14.5. The average molecular weight is 351 g/mol. The first-order valence-corrected chi connectivity index (χ1v) is 8.92. The first-order chi connectivity index (χ1) is 11.6. The first-order valence-electron chi connectivity index (χ1n) is 8.54. The lowest BCUT2D eigenvalue weighted by Gasteiger charge is -2.33. The monoisotopic (exact) mass is 350 g/mol. The van der Waals surface area contributed by atoms with Crippen LogP contribution in [0.1, 0.15) is 24.8 Å². The summed E-state index contributed by atoms with van der Waals surface area (Å²) in [5, 5.41) is 0.733. The predicted octanol–water partition coefficient (Wildman–Crippen LogP) is 2.12. The topological polar surface area (TPSA) is 49.9 Å². The van der Waals surface area contributed by atoms with Gasteiger partial charge in [0, 0.05) is 50.5 Å². The van der Waals surface area contributed by atoms with Gasteiger partial charge in [-0.3, -0.25) is 9.59 Å². The molecule has 0 radical (unpaired) electrons. The second kappa shape index (κ2) is 7.99. The quantitative estimate of drug-likeness (QED) is 0.817. The smallest absolute Gasteiger partial charge is 0.224 e. The molecule has 0 saturated carbocycles. The number of hydrogen-bond donors (Lipinski definition) is 0. The van der Waals surface area contributed by atoms with Crippen molar-refractivity contribution in [3.63, 3.8) is 0 Å². The molecule has 2 amide bonds. The van der Waals surface area contributed by atoms with Gasteiger partial charge in [0.2, 0.25) is 11.8 Å². The fraction of sp³-hybridized carbons (Fsp3) is 0.556. The van der Waals surface area contributed by atoms with Crippen molar-refractivity contribution in [2.75, 3.05) is 32.8 Å². The molecule has 2 aliphatic heterocycles. The lowest BCUT2D eigenvalue weighted by molar-refractivity contribution is -0.139. The van der Waals surface area contributed by atoms with E-state index in [1.54, 1.807) is 4.90 Å². The highest BCUT2D eigenvalue weighted by Gasteiger charge is 2.26. The summed E-state index contributed by atoms with van der Waals surface area (Å²) in [4.78, 5) is 27.7. The summed E-state index contributed by atoms with van der Waals surface area (Å²) in [5.74, 6) is 0.267. The minimum absolute atomic E-state index is 0.0315. The summed E-state index contributed by atoms with van der Waals surface area (Å²) in [6.07, 6.45) is 2.59. The van der Waals surface area contributed by atoms with E-state index in [2.05, 4.69) is 0 Å². The number of likely N-dealkylation sites (tertiary alicyclic amines) is 1. The van der Waals surface area contributed by atoms with Crippen LogP contribution in [0.2, 0.25) is 5.02 Å². The molecule has 0 spiro atoms. The van der Waals surface area contributed by atoms with Crippen LogP contribution in [0.3, 0.4) is 0 Å². The molecule has 2 aliphatic rings. The van der Waals surface area contributed by atoms with Gasteiger partial charge >= 0.3 is 0 Å². The van der Waals surface area contributed by atoms with Gasteiger partial charge in [-0.2, -0.15) is 0 Å². The van der Waals surface area contributed by atoms with Gasteiger partial charge in [-0.25, -0.2) is 0 Å². The number of ether oxygens (including phenoxy) is 1. The Balaban J connectivity index is 1.50. The highest BCUT2D eigenvalue weighted by Crippen LogP contribution is 2.20. The number of amides is 2. The minimum atomic E-state index is -0.0315. The molecule has 2 saturated heterocycles. The van der Waals surface area contributed by atoms with Gasteiger partial charge in [0.1, 0.15) is 0 Å². The number of nitrogens with zero attached hydrogens (tertiary/aromatic N) is 2. The number of halogens is 1. The summed E-state index contributed by atoms with van der Waals surface area (Å²) in [6, 6.07) is 7.73. The van der Waals surface area contributed by atoms with Crippen molar-refractivity contribution < 1.29 is 14.3 Å². The van der Waals surface area contributed by atoms with Gasteiger partial charge in [0.15, 0.2) is 0 Å². The Bertz CT molecular complexity index is 608. The van der Waals surface area contributed by atoms with Crippen molar-refractivity contribution in [2.24, 2.45) is 0 Å². The molecular formula is C18H23ClN2O3. The lowest BCUT2D eigenvalue weighted by atomic mass is 10.1. The van der Waals surface area contributed by atoms with Crippen molar-refractivity contribution in [2.45, 2.75) is 31.8 Å². The first kappa shape index (κ1) is 17.2. The highest BCUT2D eigenvalue weighted by molar-refractivity contribution is 6.31. The predicted molar refractivity (Wildman–Crippen MR) is 91.9 cm³/mol. The Labute approximate surface area is 147 Å². The van der Waals surface area contributed by atoms with E-state index in [9.17, 15) is 9.59 Å². The van der Waals surface area contributed by atoms with Crippen molar-refractivity contribution >= 4 is 23.4 Å². The fourth-order valence-electron chi connectivity index (χ4n) is 3.31. The Kier molecular flexibility index (Phi) is 5.74. The molecule has 0 N–H and O–H groups in total. The molecule has 130 valence electrons. The highest BCUT2D eigenvalue weighted by atomic mass is 35.5. The second-order valence-corrected chi connectivity index (χ2v) is 6.77. The van der Waals surface area contributed by atoms with E-state index in [1.165, 1.54) is 0 Å². The molecule has 1 aromatic carbocycles. The summed E-state index contributed by atoms with van der Waals surface area (Å²) in [6.45, 7) is 3.06. The molecule has 1 atom stereocenters. The average Bonchev–Trinajstić information content (AvgIpc) is 3.00. The van der Waals surface area contributed by atoms with E-state index in [4.69, 9.17) is 16.3 Å². The van der Waals surface area contributed by atoms with Crippen LogP contribution in [0.15, 0.2) is 24.3 Å². The van der Waals surface area contributed by atoms with Crippen LogP contribution in [0.5, 0.6) is 0 Å². The van der Waals surface area contributed by atoms with Gasteiger partial charge in [-0.15, -0.1) is 0 Å². The number of carbonyl (C=O) groups excluding carboxylic acids is 2. The fourth-order valence-corrected chi connectivity index (χ4v) is 3.52. The Morgan fingerprint density at radius 3 is 2.88 bits per heavy atom. The molecule has 2 heterocycles. The molecule has 6 heteroatoms. The third kappa shape index (κ3) is 4.28. The van der Waals surface area contributed by atoms with Crippen LogP contribution < -0.4 is 0 Å². The van der Waals surface area contributed by atoms with E-state index in [0.29, 0.717) is 45.5 Å².